The van der Waals surface area contributed by atoms with Crippen LogP contribution in [0.4, 0.5) is 5.13 Å². The molecule has 0 unspecified atom stereocenters. The van der Waals surface area contributed by atoms with Gasteiger partial charge in [-0.2, -0.15) is 0 Å². The first-order valence-electron chi connectivity index (χ1n) is 7.01. The van der Waals surface area contributed by atoms with Crippen LogP contribution in [0.2, 0.25) is 0 Å². The molecule has 2 rings (SSSR count). The summed E-state index contributed by atoms with van der Waals surface area (Å²) in [6.07, 6.45) is 0. The fourth-order valence-electron chi connectivity index (χ4n) is 1.71. The van der Waals surface area contributed by atoms with Crippen molar-refractivity contribution in [3.8, 4) is 0 Å². The molecular formula is C14H18N4O3S2. The van der Waals surface area contributed by atoms with Gasteiger partial charge in [-0.3, -0.25) is 4.79 Å². The molecule has 0 radical (unpaired) electrons. The molecule has 1 atom stereocenters. The van der Waals surface area contributed by atoms with Crippen molar-refractivity contribution in [2.24, 2.45) is 5.92 Å². The van der Waals surface area contributed by atoms with Gasteiger partial charge in [0.2, 0.25) is 15.4 Å². The Morgan fingerprint density at radius 2 is 1.78 bits per heavy atom. The third-order valence-electron chi connectivity index (χ3n) is 3.02. The number of sulfonamides is 1. The number of carbonyl (C=O) groups is 1. The molecule has 0 saturated heterocycles. The summed E-state index contributed by atoms with van der Waals surface area (Å²) < 4.78 is 27.0. The van der Waals surface area contributed by atoms with E-state index in [1.807, 2.05) is 30.3 Å². The van der Waals surface area contributed by atoms with E-state index < -0.39 is 16.1 Å². The van der Waals surface area contributed by atoms with Gasteiger partial charge in [-0.25, -0.2) is 13.1 Å². The summed E-state index contributed by atoms with van der Waals surface area (Å²) in [5.74, 6) is -0.467. The van der Waals surface area contributed by atoms with E-state index in [9.17, 15) is 13.2 Å². The Kier molecular flexibility index (Phi) is 5.45. The quantitative estimate of drug-likeness (QED) is 0.774. The molecule has 2 N–H and O–H groups in total. The van der Waals surface area contributed by atoms with Crippen LogP contribution in [0.3, 0.4) is 0 Å². The van der Waals surface area contributed by atoms with E-state index >= 15 is 0 Å². The Hall–Kier alpha value is -1.84. The average molecular weight is 354 g/mol. The number of anilines is 1. The van der Waals surface area contributed by atoms with Crippen LogP contribution < -0.4 is 10.0 Å². The molecule has 0 bridgehead atoms. The summed E-state index contributed by atoms with van der Waals surface area (Å²) >= 11 is 0.818. The van der Waals surface area contributed by atoms with E-state index in [1.54, 1.807) is 20.8 Å². The van der Waals surface area contributed by atoms with Crippen LogP contribution in [-0.4, -0.2) is 24.5 Å². The lowest BCUT2D eigenvalue weighted by Crippen LogP contribution is -2.26. The van der Waals surface area contributed by atoms with E-state index in [0.717, 1.165) is 16.9 Å². The van der Waals surface area contributed by atoms with Gasteiger partial charge in [0.1, 0.15) is 0 Å². The van der Waals surface area contributed by atoms with Gasteiger partial charge in [0.15, 0.2) is 0 Å². The largest absolute Gasteiger partial charge is 0.300 e. The van der Waals surface area contributed by atoms with Crippen molar-refractivity contribution in [2.45, 2.75) is 31.2 Å². The van der Waals surface area contributed by atoms with Crippen LogP contribution in [0.15, 0.2) is 34.7 Å². The second kappa shape index (κ2) is 7.16. The smallest absolute Gasteiger partial charge is 0.270 e. The summed E-state index contributed by atoms with van der Waals surface area (Å²) in [4.78, 5) is 11.6. The molecule has 0 saturated carbocycles. The first-order valence-corrected chi connectivity index (χ1v) is 9.31. The average Bonchev–Trinajstić information content (AvgIpc) is 2.97. The molecule has 0 aliphatic carbocycles. The Labute approximate surface area is 139 Å². The van der Waals surface area contributed by atoms with Crippen molar-refractivity contribution < 1.29 is 13.2 Å². The molecular weight excluding hydrogens is 336 g/mol. The normalized spacial score (nSPS) is 13.0. The molecule has 0 aliphatic rings. The van der Waals surface area contributed by atoms with E-state index in [0.29, 0.717) is 0 Å². The SMILES string of the molecule is CC(C)C(=O)Nc1nnc(S(=O)(=O)N[C@@H](C)c2ccccc2)s1. The number of nitrogens with zero attached hydrogens (tertiary/aromatic N) is 2. The number of hydrogen-bond donors (Lipinski definition) is 2. The van der Waals surface area contributed by atoms with Gasteiger partial charge < -0.3 is 5.32 Å². The zero-order valence-electron chi connectivity index (χ0n) is 13.0. The van der Waals surface area contributed by atoms with Crippen molar-refractivity contribution >= 4 is 32.4 Å². The predicted octanol–water partition coefficient (Wildman–Crippen LogP) is 2.17. The summed E-state index contributed by atoms with van der Waals surface area (Å²) in [6, 6.07) is 8.80. The molecule has 2 aromatic rings. The Morgan fingerprint density at radius 1 is 1.13 bits per heavy atom. The highest BCUT2D eigenvalue weighted by molar-refractivity contribution is 7.91. The highest BCUT2D eigenvalue weighted by atomic mass is 32.2. The molecule has 1 amide bonds. The molecule has 1 aromatic carbocycles. The van der Waals surface area contributed by atoms with Gasteiger partial charge in [-0.1, -0.05) is 55.5 Å². The van der Waals surface area contributed by atoms with E-state index in [4.69, 9.17) is 0 Å². The monoisotopic (exact) mass is 354 g/mol. The van der Waals surface area contributed by atoms with Gasteiger partial charge in [-0.15, -0.1) is 10.2 Å². The zero-order chi connectivity index (χ0) is 17.0. The minimum Gasteiger partial charge on any atom is -0.300 e. The maximum Gasteiger partial charge on any atom is 0.270 e. The fraction of sp³-hybridized carbons (Fsp3) is 0.357. The third kappa shape index (κ3) is 4.57. The van der Waals surface area contributed by atoms with Gasteiger partial charge in [-0.05, 0) is 12.5 Å². The maximum atomic E-state index is 12.3. The fourth-order valence-corrected chi connectivity index (χ4v) is 3.86. The van der Waals surface area contributed by atoms with Gasteiger partial charge >= 0.3 is 0 Å². The van der Waals surface area contributed by atoms with Crippen LogP contribution in [0.25, 0.3) is 0 Å². The van der Waals surface area contributed by atoms with Crippen molar-refractivity contribution in [2.75, 3.05) is 5.32 Å². The summed E-state index contributed by atoms with van der Waals surface area (Å²) in [6.45, 7) is 5.21. The molecule has 124 valence electrons. The Morgan fingerprint density at radius 3 is 2.39 bits per heavy atom. The third-order valence-corrected chi connectivity index (χ3v) is 5.77. The maximum absolute atomic E-state index is 12.3. The predicted molar refractivity (Wildman–Crippen MR) is 88.6 cm³/mol. The number of benzene rings is 1. The molecule has 1 aromatic heterocycles. The number of carbonyl (C=O) groups excluding carboxylic acids is 1. The number of hydrogen-bond acceptors (Lipinski definition) is 6. The van der Waals surface area contributed by atoms with Crippen LogP contribution in [-0.2, 0) is 14.8 Å². The number of rotatable bonds is 6. The summed E-state index contributed by atoms with van der Waals surface area (Å²) in [7, 11) is -3.80. The Bertz CT molecular complexity index is 772. The van der Waals surface area contributed by atoms with Gasteiger partial charge in [0.05, 0.1) is 0 Å². The van der Waals surface area contributed by atoms with Crippen molar-refractivity contribution in [1.29, 1.82) is 0 Å². The highest BCUT2D eigenvalue weighted by Gasteiger charge is 2.23. The van der Waals surface area contributed by atoms with Gasteiger partial charge in [0, 0.05) is 12.0 Å². The van der Waals surface area contributed by atoms with Crippen LogP contribution in [0.1, 0.15) is 32.4 Å². The molecule has 0 spiro atoms. The van der Waals surface area contributed by atoms with E-state index in [2.05, 4.69) is 20.2 Å². The first-order chi connectivity index (χ1) is 10.8. The van der Waals surface area contributed by atoms with E-state index in [1.165, 1.54) is 0 Å². The standard InChI is InChI=1S/C14H18N4O3S2/c1-9(2)12(19)15-13-16-17-14(22-13)23(20,21)18-10(3)11-7-5-4-6-8-11/h4-10,18H,1-3H3,(H,15,16,19)/t10-/m0/s1. The second-order valence-electron chi connectivity index (χ2n) is 5.27. The number of aromatic nitrogens is 2. The molecule has 1 heterocycles. The lowest BCUT2D eigenvalue weighted by Gasteiger charge is -2.12. The number of amides is 1. The van der Waals surface area contributed by atoms with Crippen LogP contribution >= 0.6 is 11.3 Å². The number of nitrogens with one attached hydrogen (secondary N) is 2. The van der Waals surface area contributed by atoms with Crippen LogP contribution in [0.5, 0.6) is 0 Å². The molecule has 9 heteroatoms. The van der Waals surface area contributed by atoms with Crippen molar-refractivity contribution in [3.63, 3.8) is 0 Å². The topological polar surface area (TPSA) is 101 Å². The summed E-state index contributed by atoms with van der Waals surface area (Å²) in [5, 5.41) is 10.0. The lowest BCUT2D eigenvalue weighted by atomic mass is 10.1. The zero-order valence-corrected chi connectivity index (χ0v) is 14.6. The lowest BCUT2D eigenvalue weighted by molar-refractivity contribution is -0.118. The minimum absolute atomic E-state index is 0.163. The van der Waals surface area contributed by atoms with E-state index in [-0.39, 0.29) is 21.3 Å². The van der Waals surface area contributed by atoms with Crippen molar-refractivity contribution in [3.05, 3.63) is 35.9 Å². The molecule has 0 aliphatic heterocycles. The first kappa shape index (κ1) is 17.5. The van der Waals surface area contributed by atoms with Gasteiger partial charge in [0.25, 0.3) is 10.0 Å². The molecule has 7 nitrogen and oxygen atoms in total. The highest BCUT2D eigenvalue weighted by Crippen LogP contribution is 2.22. The van der Waals surface area contributed by atoms with Crippen molar-refractivity contribution in [1.82, 2.24) is 14.9 Å². The summed E-state index contributed by atoms with van der Waals surface area (Å²) in [5.41, 5.74) is 0.842. The Balaban J connectivity index is 2.11. The molecule has 23 heavy (non-hydrogen) atoms. The van der Waals surface area contributed by atoms with Crippen LogP contribution in [0, 0.1) is 5.92 Å². The second-order valence-corrected chi connectivity index (χ2v) is 8.14. The minimum atomic E-state index is -3.80. The molecule has 0 fully saturated rings.